The van der Waals surface area contributed by atoms with Crippen molar-refractivity contribution in [3.63, 3.8) is 0 Å². The lowest BCUT2D eigenvalue weighted by Gasteiger charge is -2.26. The zero-order valence-electron chi connectivity index (χ0n) is 12.7. The Hall–Kier alpha value is -1.97. The number of carbonyl (C=O) groups excluding carboxylic acids is 1. The van der Waals surface area contributed by atoms with Gasteiger partial charge >= 0.3 is 0 Å². The Balaban J connectivity index is 1.97. The first-order valence-electron chi connectivity index (χ1n) is 7.81. The van der Waals surface area contributed by atoms with Crippen molar-refractivity contribution in [1.29, 1.82) is 0 Å². The Morgan fingerprint density at radius 1 is 1.43 bits per heavy atom. The van der Waals surface area contributed by atoms with E-state index in [-0.39, 0.29) is 12.0 Å². The van der Waals surface area contributed by atoms with Gasteiger partial charge in [0, 0.05) is 11.9 Å². The quantitative estimate of drug-likeness (QED) is 0.857. The number of nitrogens with zero attached hydrogens (tertiary/aromatic N) is 1. The van der Waals surface area contributed by atoms with Crippen LogP contribution in [-0.2, 0) is 6.54 Å². The fraction of sp³-hybridized carbons (Fsp3) is 0.471. The fourth-order valence-corrected chi connectivity index (χ4v) is 2.87. The van der Waals surface area contributed by atoms with Crippen LogP contribution in [0.1, 0.15) is 43.6 Å². The minimum absolute atomic E-state index is 0.0161. The summed E-state index contributed by atoms with van der Waals surface area (Å²) in [5.41, 5.74) is 1.79. The van der Waals surface area contributed by atoms with Gasteiger partial charge in [0.15, 0.2) is 0 Å². The van der Waals surface area contributed by atoms with Gasteiger partial charge in [-0.1, -0.05) is 32.4 Å². The van der Waals surface area contributed by atoms with Gasteiger partial charge in [-0.2, -0.15) is 0 Å². The molecule has 1 aromatic carbocycles. The minimum atomic E-state index is 0.0161. The summed E-state index contributed by atoms with van der Waals surface area (Å²) in [6.45, 7) is 5.71. The number of hydrogen-bond donors (Lipinski definition) is 1. The average molecular weight is 286 g/mol. The summed E-state index contributed by atoms with van der Waals surface area (Å²) in [6, 6.07) is 7.98. The topological polar surface area (TPSA) is 43.3 Å². The first-order chi connectivity index (χ1) is 10.2. The van der Waals surface area contributed by atoms with Gasteiger partial charge in [-0.25, -0.2) is 0 Å². The SMILES string of the molecule is CCCCNC(=O)c1cc2cccc3c2n1C[C@@H](CC)O3. The highest BCUT2D eigenvalue weighted by atomic mass is 16.5. The van der Waals surface area contributed by atoms with Crippen LogP contribution in [0, 0.1) is 0 Å². The molecule has 2 heterocycles. The highest BCUT2D eigenvalue weighted by Crippen LogP contribution is 2.34. The molecule has 0 spiro atoms. The Morgan fingerprint density at radius 2 is 2.29 bits per heavy atom. The van der Waals surface area contributed by atoms with Crippen LogP contribution < -0.4 is 10.1 Å². The Kier molecular flexibility index (Phi) is 3.86. The number of carbonyl (C=O) groups is 1. The zero-order valence-corrected chi connectivity index (χ0v) is 12.7. The van der Waals surface area contributed by atoms with E-state index in [1.165, 1.54) is 0 Å². The number of para-hydroxylation sites is 1. The molecular weight excluding hydrogens is 264 g/mol. The number of unbranched alkanes of at least 4 members (excludes halogenated alkanes) is 1. The summed E-state index contributed by atoms with van der Waals surface area (Å²) in [5.74, 6) is 0.903. The van der Waals surface area contributed by atoms with E-state index in [2.05, 4.69) is 23.7 Å². The van der Waals surface area contributed by atoms with Crippen LogP contribution in [0.2, 0.25) is 0 Å². The third-order valence-corrected chi connectivity index (χ3v) is 4.07. The molecule has 3 rings (SSSR count). The second-order valence-electron chi connectivity index (χ2n) is 5.59. The molecule has 0 saturated carbocycles. The van der Waals surface area contributed by atoms with Crippen LogP contribution in [-0.4, -0.2) is 23.1 Å². The Labute approximate surface area is 125 Å². The zero-order chi connectivity index (χ0) is 14.8. The molecule has 1 atom stereocenters. The minimum Gasteiger partial charge on any atom is -0.486 e. The number of amides is 1. The van der Waals surface area contributed by atoms with Crippen molar-refractivity contribution >= 4 is 16.8 Å². The molecule has 1 aliphatic heterocycles. The van der Waals surface area contributed by atoms with Gasteiger partial charge in [-0.3, -0.25) is 4.79 Å². The molecule has 2 aromatic rings. The molecule has 21 heavy (non-hydrogen) atoms. The maximum absolute atomic E-state index is 12.4. The summed E-state index contributed by atoms with van der Waals surface area (Å²) in [4.78, 5) is 12.4. The summed E-state index contributed by atoms with van der Waals surface area (Å²) < 4.78 is 8.11. The second-order valence-corrected chi connectivity index (χ2v) is 5.59. The standard InChI is InChI=1S/C17H22N2O2/c1-3-5-9-18-17(20)14-10-12-7-6-8-15-16(12)19(14)11-13(4-2)21-15/h6-8,10,13H,3-5,9,11H2,1-2H3,(H,18,20)/t13-/m1/s1. The van der Waals surface area contributed by atoms with Crippen LogP contribution in [0.15, 0.2) is 24.3 Å². The van der Waals surface area contributed by atoms with Crippen molar-refractivity contribution in [3.8, 4) is 5.75 Å². The molecule has 0 unspecified atom stereocenters. The molecule has 1 amide bonds. The molecule has 4 heteroatoms. The number of benzene rings is 1. The summed E-state index contributed by atoms with van der Waals surface area (Å²) in [6.07, 6.45) is 3.17. The maximum Gasteiger partial charge on any atom is 0.267 e. The van der Waals surface area contributed by atoms with Gasteiger partial charge in [0.1, 0.15) is 17.5 Å². The van der Waals surface area contributed by atoms with Gasteiger partial charge < -0.3 is 14.6 Å². The smallest absolute Gasteiger partial charge is 0.267 e. The summed E-state index contributed by atoms with van der Waals surface area (Å²) in [5, 5.41) is 4.08. The number of ether oxygens (including phenoxy) is 1. The molecule has 0 fully saturated rings. The van der Waals surface area contributed by atoms with E-state index in [0.29, 0.717) is 0 Å². The van der Waals surface area contributed by atoms with Crippen molar-refractivity contribution in [1.82, 2.24) is 9.88 Å². The van der Waals surface area contributed by atoms with E-state index >= 15 is 0 Å². The van der Waals surface area contributed by atoms with E-state index in [4.69, 9.17) is 4.74 Å². The van der Waals surface area contributed by atoms with E-state index in [9.17, 15) is 4.79 Å². The van der Waals surface area contributed by atoms with Crippen LogP contribution >= 0.6 is 0 Å². The van der Waals surface area contributed by atoms with Crippen LogP contribution in [0.4, 0.5) is 0 Å². The largest absolute Gasteiger partial charge is 0.486 e. The lowest BCUT2D eigenvalue weighted by Crippen LogP contribution is -2.31. The first kappa shape index (κ1) is 14.0. The normalized spacial score (nSPS) is 16.8. The van der Waals surface area contributed by atoms with E-state index in [0.717, 1.165) is 54.7 Å². The molecule has 1 N–H and O–H groups in total. The van der Waals surface area contributed by atoms with Crippen molar-refractivity contribution in [2.24, 2.45) is 0 Å². The predicted octanol–water partition coefficient (Wildman–Crippen LogP) is 3.34. The third kappa shape index (κ3) is 2.50. The predicted molar refractivity (Wildman–Crippen MR) is 83.9 cm³/mol. The first-order valence-corrected chi connectivity index (χ1v) is 7.81. The summed E-state index contributed by atoms with van der Waals surface area (Å²) in [7, 11) is 0. The molecule has 1 aliphatic rings. The van der Waals surface area contributed by atoms with Crippen LogP contribution in [0.3, 0.4) is 0 Å². The molecule has 0 radical (unpaired) electrons. The van der Waals surface area contributed by atoms with Crippen molar-refractivity contribution in [2.45, 2.75) is 45.8 Å². The fourth-order valence-electron chi connectivity index (χ4n) is 2.87. The molecule has 0 aliphatic carbocycles. The number of hydrogen-bond acceptors (Lipinski definition) is 2. The molecule has 112 valence electrons. The molecule has 1 aromatic heterocycles. The molecule has 4 nitrogen and oxygen atoms in total. The van der Waals surface area contributed by atoms with Crippen LogP contribution in [0.25, 0.3) is 10.9 Å². The Bertz CT molecular complexity index is 660. The van der Waals surface area contributed by atoms with Gasteiger partial charge in [0.2, 0.25) is 0 Å². The van der Waals surface area contributed by atoms with E-state index in [1.54, 1.807) is 0 Å². The highest BCUT2D eigenvalue weighted by Gasteiger charge is 2.25. The Morgan fingerprint density at radius 3 is 3.05 bits per heavy atom. The molecule has 0 saturated heterocycles. The van der Waals surface area contributed by atoms with Gasteiger partial charge in [0.05, 0.1) is 12.1 Å². The van der Waals surface area contributed by atoms with Gasteiger partial charge in [-0.15, -0.1) is 0 Å². The summed E-state index contributed by atoms with van der Waals surface area (Å²) >= 11 is 0. The third-order valence-electron chi connectivity index (χ3n) is 4.07. The van der Waals surface area contributed by atoms with Gasteiger partial charge in [-0.05, 0) is 25.0 Å². The van der Waals surface area contributed by atoms with Crippen molar-refractivity contribution < 1.29 is 9.53 Å². The van der Waals surface area contributed by atoms with Gasteiger partial charge in [0.25, 0.3) is 5.91 Å². The number of nitrogens with one attached hydrogen (secondary N) is 1. The molecular formula is C17H22N2O2. The van der Waals surface area contributed by atoms with E-state index in [1.807, 2.05) is 24.3 Å². The number of rotatable bonds is 5. The van der Waals surface area contributed by atoms with Crippen molar-refractivity contribution in [2.75, 3.05) is 6.54 Å². The van der Waals surface area contributed by atoms with Crippen molar-refractivity contribution in [3.05, 3.63) is 30.0 Å². The number of aromatic nitrogens is 1. The highest BCUT2D eigenvalue weighted by molar-refractivity contribution is 6.00. The van der Waals surface area contributed by atoms with E-state index < -0.39 is 0 Å². The lowest BCUT2D eigenvalue weighted by atomic mass is 10.2. The second kappa shape index (κ2) is 5.80. The monoisotopic (exact) mass is 286 g/mol. The maximum atomic E-state index is 12.4. The lowest BCUT2D eigenvalue weighted by molar-refractivity contribution is 0.0937. The van der Waals surface area contributed by atoms with Crippen LogP contribution in [0.5, 0.6) is 5.75 Å². The average Bonchev–Trinajstić information content (AvgIpc) is 2.88. The molecule has 0 bridgehead atoms.